The van der Waals surface area contributed by atoms with Crippen molar-refractivity contribution in [3.63, 3.8) is 0 Å². The highest BCUT2D eigenvalue weighted by Gasteiger charge is 2.16. The van der Waals surface area contributed by atoms with E-state index in [0.29, 0.717) is 6.54 Å². The van der Waals surface area contributed by atoms with Crippen molar-refractivity contribution in [2.75, 3.05) is 39.2 Å². The first-order valence-corrected chi connectivity index (χ1v) is 12.6. The number of piperidine rings is 1. The summed E-state index contributed by atoms with van der Waals surface area (Å²) < 4.78 is 12.6. The van der Waals surface area contributed by atoms with E-state index in [2.05, 4.69) is 16.3 Å². The number of ether oxygens (including phenoxy) is 2. The monoisotopic (exact) mass is 496 g/mol. The van der Waals surface area contributed by atoms with Crippen LogP contribution in [0.2, 0.25) is 0 Å². The lowest BCUT2D eigenvalue weighted by molar-refractivity contribution is -0.117. The first-order valence-electron chi connectivity index (χ1n) is 12.6. The molecule has 1 aliphatic heterocycles. The van der Waals surface area contributed by atoms with E-state index in [1.165, 1.54) is 19.3 Å². The van der Waals surface area contributed by atoms with Crippen LogP contribution in [0, 0.1) is 0 Å². The van der Waals surface area contributed by atoms with E-state index in [1.807, 2.05) is 77.5 Å². The maximum absolute atomic E-state index is 12.5. The Labute approximate surface area is 217 Å². The summed E-state index contributed by atoms with van der Waals surface area (Å²) in [4.78, 5) is 14.8. The molecule has 1 N–H and O–H groups in total. The summed E-state index contributed by atoms with van der Waals surface area (Å²) in [6, 6.07) is 25.7. The third-order valence-electron chi connectivity index (χ3n) is 6.69. The van der Waals surface area contributed by atoms with Gasteiger partial charge in [0.05, 0.1) is 37.8 Å². The molecule has 37 heavy (non-hydrogen) atoms. The average Bonchev–Trinajstić information content (AvgIpc) is 3.39. The fourth-order valence-electron chi connectivity index (χ4n) is 4.66. The van der Waals surface area contributed by atoms with Gasteiger partial charge in [-0.3, -0.25) is 9.69 Å². The van der Waals surface area contributed by atoms with Crippen LogP contribution in [-0.4, -0.2) is 54.4 Å². The van der Waals surface area contributed by atoms with Gasteiger partial charge in [0, 0.05) is 16.8 Å². The van der Waals surface area contributed by atoms with E-state index in [0.717, 1.165) is 58.5 Å². The van der Waals surface area contributed by atoms with Crippen LogP contribution in [-0.2, 0) is 4.79 Å². The average molecular weight is 497 g/mol. The molecule has 0 aliphatic carbocycles. The molecule has 3 aromatic carbocycles. The van der Waals surface area contributed by atoms with Gasteiger partial charge in [0.1, 0.15) is 11.5 Å². The van der Waals surface area contributed by atoms with Crippen LogP contribution in [0.1, 0.15) is 19.3 Å². The minimum atomic E-state index is 0.0226. The van der Waals surface area contributed by atoms with E-state index in [1.54, 1.807) is 14.2 Å². The lowest BCUT2D eigenvalue weighted by Gasteiger charge is -2.25. The molecule has 4 aromatic rings. The molecule has 1 amide bonds. The predicted octanol–water partition coefficient (Wildman–Crippen LogP) is 5.65. The number of nitrogens with zero attached hydrogens (tertiary/aromatic N) is 3. The van der Waals surface area contributed by atoms with Crippen LogP contribution < -0.4 is 14.8 Å². The second kappa shape index (κ2) is 11.3. The Morgan fingerprint density at radius 3 is 2.00 bits per heavy atom. The van der Waals surface area contributed by atoms with Crippen LogP contribution >= 0.6 is 0 Å². The molecule has 0 radical (unpaired) electrons. The first-order chi connectivity index (χ1) is 18.1. The van der Waals surface area contributed by atoms with Crippen molar-refractivity contribution in [1.82, 2.24) is 14.7 Å². The number of carbonyl (C=O) groups excluding carboxylic acids is 1. The highest BCUT2D eigenvalue weighted by molar-refractivity contribution is 5.92. The van der Waals surface area contributed by atoms with Crippen molar-refractivity contribution in [1.29, 1.82) is 0 Å². The zero-order valence-corrected chi connectivity index (χ0v) is 21.3. The molecule has 0 spiro atoms. The molecular formula is C30H32N4O3. The van der Waals surface area contributed by atoms with Gasteiger partial charge in [0.15, 0.2) is 0 Å². The molecule has 2 heterocycles. The van der Waals surface area contributed by atoms with Crippen LogP contribution in [0.4, 0.5) is 5.69 Å². The van der Waals surface area contributed by atoms with Gasteiger partial charge in [-0.15, -0.1) is 0 Å². The summed E-state index contributed by atoms with van der Waals surface area (Å²) in [7, 11) is 3.32. The molecule has 7 nitrogen and oxygen atoms in total. The van der Waals surface area contributed by atoms with Crippen molar-refractivity contribution >= 4 is 11.6 Å². The Hall–Kier alpha value is -4.10. The Balaban J connectivity index is 1.41. The van der Waals surface area contributed by atoms with E-state index >= 15 is 0 Å². The van der Waals surface area contributed by atoms with Gasteiger partial charge in [0.2, 0.25) is 5.91 Å². The number of hydrogen-bond acceptors (Lipinski definition) is 5. The standard InChI is InChI=1S/C30H32N4O3/c1-36-26-14-6-22(7-15-26)28-20-29(23-8-16-27(37-2)17-9-23)34(32-28)25-12-10-24(11-13-25)31-30(35)21-33-18-4-3-5-19-33/h6-17,20H,3-5,18-19,21H2,1-2H3,(H,31,35). The fourth-order valence-corrected chi connectivity index (χ4v) is 4.66. The predicted molar refractivity (Wildman–Crippen MR) is 146 cm³/mol. The van der Waals surface area contributed by atoms with E-state index in [-0.39, 0.29) is 5.91 Å². The number of benzene rings is 3. The van der Waals surface area contributed by atoms with E-state index < -0.39 is 0 Å². The number of amides is 1. The molecular weight excluding hydrogens is 464 g/mol. The molecule has 0 unspecified atom stereocenters. The van der Waals surface area contributed by atoms with Crippen LogP contribution in [0.15, 0.2) is 78.9 Å². The fraction of sp³-hybridized carbons (Fsp3) is 0.267. The normalized spacial score (nSPS) is 13.8. The number of methoxy groups -OCH3 is 2. The molecule has 1 saturated heterocycles. The smallest absolute Gasteiger partial charge is 0.238 e. The molecule has 190 valence electrons. The van der Waals surface area contributed by atoms with Gasteiger partial charge in [-0.1, -0.05) is 6.42 Å². The first kappa shape index (κ1) is 24.6. The summed E-state index contributed by atoms with van der Waals surface area (Å²) in [5, 5.41) is 7.98. The Morgan fingerprint density at radius 1 is 0.811 bits per heavy atom. The van der Waals surface area contributed by atoms with Crippen molar-refractivity contribution in [2.24, 2.45) is 0 Å². The van der Waals surface area contributed by atoms with Gasteiger partial charge in [0.25, 0.3) is 0 Å². The number of likely N-dealkylation sites (tertiary alicyclic amines) is 1. The maximum Gasteiger partial charge on any atom is 0.238 e. The third-order valence-corrected chi connectivity index (χ3v) is 6.69. The number of carbonyl (C=O) groups is 1. The quantitative estimate of drug-likeness (QED) is 0.342. The number of anilines is 1. The summed E-state index contributed by atoms with van der Waals surface area (Å²) in [6.45, 7) is 2.43. The molecule has 7 heteroatoms. The molecule has 0 atom stereocenters. The topological polar surface area (TPSA) is 68.6 Å². The van der Waals surface area contributed by atoms with E-state index in [9.17, 15) is 4.79 Å². The minimum absolute atomic E-state index is 0.0226. The van der Waals surface area contributed by atoms with Crippen LogP contribution in [0.25, 0.3) is 28.2 Å². The maximum atomic E-state index is 12.5. The minimum Gasteiger partial charge on any atom is -0.497 e. The summed E-state index contributed by atoms with van der Waals surface area (Å²) in [6.07, 6.45) is 3.59. The van der Waals surface area contributed by atoms with Gasteiger partial charge < -0.3 is 14.8 Å². The zero-order valence-electron chi connectivity index (χ0n) is 21.3. The molecule has 5 rings (SSSR count). The summed E-state index contributed by atoms with van der Waals surface area (Å²) >= 11 is 0. The van der Waals surface area contributed by atoms with Gasteiger partial charge in [-0.25, -0.2) is 4.68 Å². The molecule has 0 bridgehead atoms. The van der Waals surface area contributed by atoms with Crippen molar-refractivity contribution < 1.29 is 14.3 Å². The zero-order chi connectivity index (χ0) is 25.6. The Kier molecular flexibility index (Phi) is 7.51. The number of aromatic nitrogens is 2. The van der Waals surface area contributed by atoms with Crippen LogP contribution in [0.3, 0.4) is 0 Å². The number of rotatable bonds is 8. The number of hydrogen-bond donors (Lipinski definition) is 1. The lowest BCUT2D eigenvalue weighted by atomic mass is 10.1. The second-order valence-electron chi connectivity index (χ2n) is 9.22. The van der Waals surface area contributed by atoms with Crippen molar-refractivity contribution in [3.05, 3.63) is 78.9 Å². The largest absolute Gasteiger partial charge is 0.497 e. The van der Waals surface area contributed by atoms with E-state index in [4.69, 9.17) is 14.6 Å². The van der Waals surface area contributed by atoms with Gasteiger partial charge in [-0.2, -0.15) is 5.10 Å². The van der Waals surface area contributed by atoms with Crippen molar-refractivity contribution in [2.45, 2.75) is 19.3 Å². The van der Waals surface area contributed by atoms with Crippen molar-refractivity contribution in [3.8, 4) is 39.7 Å². The summed E-state index contributed by atoms with van der Waals surface area (Å²) in [5.74, 6) is 1.63. The SMILES string of the molecule is COc1ccc(-c2cc(-c3ccc(OC)cc3)n(-c3ccc(NC(=O)CN4CCCCC4)cc3)n2)cc1. The lowest BCUT2D eigenvalue weighted by Crippen LogP contribution is -2.36. The Morgan fingerprint density at radius 2 is 1.41 bits per heavy atom. The molecule has 1 fully saturated rings. The van der Waals surface area contributed by atoms with Crippen LogP contribution in [0.5, 0.6) is 11.5 Å². The third kappa shape index (κ3) is 5.84. The summed E-state index contributed by atoms with van der Waals surface area (Å²) in [5.41, 5.74) is 5.50. The van der Waals surface area contributed by atoms with Gasteiger partial charge in [-0.05, 0) is 105 Å². The highest BCUT2D eigenvalue weighted by atomic mass is 16.5. The Bertz CT molecular complexity index is 1320. The molecule has 0 saturated carbocycles. The molecule has 1 aromatic heterocycles. The highest BCUT2D eigenvalue weighted by Crippen LogP contribution is 2.31. The second-order valence-corrected chi connectivity index (χ2v) is 9.22. The molecule has 1 aliphatic rings. The van der Waals surface area contributed by atoms with Gasteiger partial charge >= 0.3 is 0 Å². The number of nitrogens with one attached hydrogen (secondary N) is 1.